The summed E-state index contributed by atoms with van der Waals surface area (Å²) in [5.41, 5.74) is 4.83. The predicted octanol–water partition coefficient (Wildman–Crippen LogP) is 5.37. The maximum Gasteiger partial charge on any atom is 0.407 e. The zero-order chi connectivity index (χ0) is 20.2. The minimum atomic E-state index is -0.562. The molecule has 0 atom stereocenters. The molecule has 0 unspecified atom stereocenters. The van der Waals surface area contributed by atoms with Crippen LogP contribution in [-0.4, -0.2) is 19.2 Å². The maximum atomic E-state index is 13.6. The molecule has 5 heteroatoms. The van der Waals surface area contributed by atoms with Crippen LogP contribution in [0.3, 0.4) is 0 Å². The normalized spacial score (nSPS) is 11.8. The van der Waals surface area contributed by atoms with E-state index in [-0.39, 0.29) is 24.6 Å². The third kappa shape index (κ3) is 4.11. The zero-order valence-corrected chi connectivity index (χ0v) is 16.2. The summed E-state index contributed by atoms with van der Waals surface area (Å²) in [7, 11) is 0. The van der Waals surface area contributed by atoms with Crippen LogP contribution in [0.1, 0.15) is 22.6 Å². The van der Waals surface area contributed by atoms with Crippen LogP contribution >= 0.6 is 11.6 Å². The van der Waals surface area contributed by atoms with Crippen molar-refractivity contribution in [3.63, 3.8) is 0 Å². The number of fused-ring (bicyclic) bond motifs is 3. The third-order valence-electron chi connectivity index (χ3n) is 4.82. The van der Waals surface area contributed by atoms with Gasteiger partial charge in [0.1, 0.15) is 12.4 Å². The summed E-state index contributed by atoms with van der Waals surface area (Å²) in [5.74, 6) is 4.90. The molecule has 3 aromatic carbocycles. The molecular formula is C24H17ClFNO2. The second-order valence-electron chi connectivity index (χ2n) is 6.61. The number of alkyl carbamates (subject to hydrolysis) is 1. The number of nitrogens with one attached hydrogen (secondary N) is 1. The molecular weight excluding hydrogens is 389 g/mol. The molecule has 0 saturated heterocycles. The Balaban J connectivity index is 1.36. The van der Waals surface area contributed by atoms with Crippen molar-refractivity contribution in [2.45, 2.75) is 5.92 Å². The smallest absolute Gasteiger partial charge is 0.407 e. The molecule has 144 valence electrons. The quantitative estimate of drug-likeness (QED) is 0.595. The molecule has 0 aliphatic heterocycles. The summed E-state index contributed by atoms with van der Waals surface area (Å²) in [6, 6.07) is 20.4. The molecule has 3 aromatic rings. The first-order valence-electron chi connectivity index (χ1n) is 9.16. The fraction of sp³-hybridized carbons (Fsp3) is 0.125. The van der Waals surface area contributed by atoms with Gasteiger partial charge < -0.3 is 10.1 Å². The largest absolute Gasteiger partial charge is 0.449 e. The Bertz CT molecular complexity index is 1090. The zero-order valence-electron chi connectivity index (χ0n) is 15.4. The van der Waals surface area contributed by atoms with Gasteiger partial charge in [-0.3, -0.25) is 0 Å². The first-order chi connectivity index (χ1) is 14.1. The van der Waals surface area contributed by atoms with E-state index in [4.69, 9.17) is 16.3 Å². The number of amides is 1. The van der Waals surface area contributed by atoms with Crippen molar-refractivity contribution in [1.82, 2.24) is 5.32 Å². The highest BCUT2D eigenvalue weighted by atomic mass is 35.5. The number of rotatable bonds is 3. The number of carbonyl (C=O) groups is 1. The summed E-state index contributed by atoms with van der Waals surface area (Å²) in [6.45, 7) is 0.277. The van der Waals surface area contributed by atoms with Crippen LogP contribution in [0.4, 0.5) is 9.18 Å². The van der Waals surface area contributed by atoms with Gasteiger partial charge in [-0.2, -0.15) is 0 Å². The monoisotopic (exact) mass is 405 g/mol. The van der Waals surface area contributed by atoms with Crippen LogP contribution in [0.25, 0.3) is 11.1 Å². The molecule has 29 heavy (non-hydrogen) atoms. The molecule has 0 bridgehead atoms. The molecule has 3 nitrogen and oxygen atoms in total. The molecule has 0 heterocycles. The predicted molar refractivity (Wildman–Crippen MR) is 111 cm³/mol. The third-order valence-corrected chi connectivity index (χ3v) is 5.05. The molecule has 4 rings (SSSR count). The first-order valence-corrected chi connectivity index (χ1v) is 9.54. The lowest BCUT2D eigenvalue weighted by molar-refractivity contribution is 0.144. The van der Waals surface area contributed by atoms with Crippen LogP contribution in [-0.2, 0) is 4.74 Å². The molecule has 0 radical (unpaired) electrons. The van der Waals surface area contributed by atoms with Gasteiger partial charge >= 0.3 is 6.09 Å². The SMILES string of the molecule is O=C(NCC#Cc1cc(Cl)ccc1F)OCC1c2ccccc2-c2ccccc21. The van der Waals surface area contributed by atoms with Gasteiger partial charge in [0, 0.05) is 10.9 Å². The Hall–Kier alpha value is -3.29. The van der Waals surface area contributed by atoms with Crippen molar-refractivity contribution < 1.29 is 13.9 Å². The highest BCUT2D eigenvalue weighted by Crippen LogP contribution is 2.44. The van der Waals surface area contributed by atoms with E-state index in [9.17, 15) is 9.18 Å². The fourth-order valence-corrected chi connectivity index (χ4v) is 3.67. The van der Waals surface area contributed by atoms with E-state index in [2.05, 4.69) is 41.4 Å². The molecule has 1 amide bonds. The van der Waals surface area contributed by atoms with Crippen LogP contribution < -0.4 is 5.32 Å². The van der Waals surface area contributed by atoms with Gasteiger partial charge in [0.25, 0.3) is 0 Å². The number of hydrogen-bond donors (Lipinski definition) is 1. The summed E-state index contributed by atoms with van der Waals surface area (Å²) in [5, 5.41) is 2.97. The molecule has 0 spiro atoms. The van der Waals surface area contributed by atoms with Crippen LogP contribution in [0.5, 0.6) is 0 Å². The minimum Gasteiger partial charge on any atom is -0.449 e. The average Bonchev–Trinajstić information content (AvgIpc) is 3.06. The van der Waals surface area contributed by atoms with Crippen molar-refractivity contribution in [2.24, 2.45) is 0 Å². The van der Waals surface area contributed by atoms with Crippen molar-refractivity contribution in [3.05, 3.63) is 94.3 Å². The van der Waals surface area contributed by atoms with Crippen molar-refractivity contribution in [3.8, 4) is 23.0 Å². The van der Waals surface area contributed by atoms with Gasteiger partial charge in [-0.1, -0.05) is 72.0 Å². The van der Waals surface area contributed by atoms with Crippen molar-refractivity contribution in [1.29, 1.82) is 0 Å². The van der Waals surface area contributed by atoms with E-state index in [1.165, 1.54) is 29.3 Å². The number of benzene rings is 3. The van der Waals surface area contributed by atoms with E-state index >= 15 is 0 Å². The summed E-state index contributed by atoms with van der Waals surface area (Å²) in [4.78, 5) is 12.1. The molecule has 1 aliphatic carbocycles. The topological polar surface area (TPSA) is 38.3 Å². The van der Waals surface area contributed by atoms with Crippen LogP contribution in [0, 0.1) is 17.7 Å². The summed E-state index contributed by atoms with van der Waals surface area (Å²) < 4.78 is 19.0. The van der Waals surface area contributed by atoms with Crippen molar-refractivity contribution >= 4 is 17.7 Å². The Morgan fingerprint density at radius 3 is 2.38 bits per heavy atom. The van der Waals surface area contributed by atoms with E-state index in [0.717, 1.165) is 11.1 Å². The Labute approximate surface area is 173 Å². The van der Waals surface area contributed by atoms with E-state index < -0.39 is 11.9 Å². The fourth-order valence-electron chi connectivity index (χ4n) is 3.50. The van der Waals surface area contributed by atoms with Crippen molar-refractivity contribution in [2.75, 3.05) is 13.2 Å². The number of hydrogen-bond acceptors (Lipinski definition) is 2. The standard InChI is InChI=1S/C24H17ClFNO2/c25-17-11-12-23(26)16(14-17)6-5-13-27-24(28)29-15-22-20-9-3-1-7-18(20)19-8-2-4-10-21(19)22/h1-4,7-12,14,22H,13,15H2,(H,27,28). The number of halogens is 2. The lowest BCUT2D eigenvalue weighted by Gasteiger charge is -2.14. The Morgan fingerprint density at radius 2 is 1.69 bits per heavy atom. The molecule has 0 fully saturated rings. The number of carbonyl (C=O) groups excluding carboxylic acids is 1. The van der Waals surface area contributed by atoms with Gasteiger partial charge in [0.15, 0.2) is 0 Å². The highest BCUT2D eigenvalue weighted by molar-refractivity contribution is 6.30. The minimum absolute atomic E-state index is 0.000194. The van der Waals surface area contributed by atoms with E-state index in [1.54, 1.807) is 0 Å². The van der Waals surface area contributed by atoms with Gasteiger partial charge in [-0.25, -0.2) is 9.18 Å². The second-order valence-corrected chi connectivity index (χ2v) is 7.04. The van der Waals surface area contributed by atoms with Gasteiger partial charge in [-0.05, 0) is 40.5 Å². The Morgan fingerprint density at radius 1 is 1.03 bits per heavy atom. The first kappa shape index (κ1) is 19.0. The van der Waals surface area contributed by atoms with Crippen LogP contribution in [0.15, 0.2) is 66.7 Å². The average molecular weight is 406 g/mol. The van der Waals surface area contributed by atoms with Crippen LogP contribution in [0.2, 0.25) is 5.02 Å². The molecule has 1 N–H and O–H groups in total. The Kier molecular flexibility index (Phi) is 5.50. The molecule has 0 saturated carbocycles. The van der Waals surface area contributed by atoms with Gasteiger partial charge in [0.2, 0.25) is 0 Å². The van der Waals surface area contributed by atoms with E-state index in [1.807, 2.05) is 24.3 Å². The lowest BCUT2D eigenvalue weighted by atomic mass is 9.98. The lowest BCUT2D eigenvalue weighted by Crippen LogP contribution is -2.26. The molecule has 0 aromatic heterocycles. The van der Waals surface area contributed by atoms with Gasteiger partial charge in [-0.15, -0.1) is 0 Å². The molecule has 1 aliphatic rings. The maximum absolute atomic E-state index is 13.6. The van der Waals surface area contributed by atoms with E-state index in [0.29, 0.717) is 5.02 Å². The highest BCUT2D eigenvalue weighted by Gasteiger charge is 2.28. The summed E-state index contributed by atoms with van der Waals surface area (Å²) >= 11 is 5.83. The van der Waals surface area contributed by atoms with Gasteiger partial charge in [0.05, 0.1) is 12.1 Å². The summed E-state index contributed by atoms with van der Waals surface area (Å²) in [6.07, 6.45) is -0.562. The number of ether oxygens (including phenoxy) is 1. The second kappa shape index (κ2) is 8.38.